The highest BCUT2D eigenvalue weighted by Crippen LogP contribution is 2.38. The Kier molecular flexibility index (Phi) is 4.40. The normalized spacial score (nSPS) is 21.2. The summed E-state index contributed by atoms with van der Waals surface area (Å²) in [5.74, 6) is 0. The summed E-state index contributed by atoms with van der Waals surface area (Å²) in [6, 6.07) is 8.28. The summed E-state index contributed by atoms with van der Waals surface area (Å²) in [6.07, 6.45) is 6.01. The Morgan fingerprint density at radius 1 is 1.36 bits per heavy atom. The van der Waals surface area contributed by atoms with Crippen LogP contribution in [-0.4, -0.2) is 39.8 Å². The molecule has 1 saturated heterocycles. The average molecular weight is 316 g/mol. The minimum Gasteiger partial charge on any atom is -0.383 e. The zero-order valence-electron chi connectivity index (χ0n) is 12.8. The predicted octanol–water partition coefficient (Wildman–Crippen LogP) is 2.04. The van der Waals surface area contributed by atoms with Gasteiger partial charge in [-0.3, -0.25) is 4.98 Å². The van der Waals surface area contributed by atoms with Crippen molar-refractivity contribution in [3.05, 3.63) is 54.1 Å². The molecule has 0 spiro atoms. The number of methoxy groups -OCH3 is 1. The monoisotopic (exact) mass is 316 g/mol. The van der Waals surface area contributed by atoms with Crippen molar-refractivity contribution in [2.45, 2.75) is 12.1 Å². The second-order valence-electron chi connectivity index (χ2n) is 5.42. The molecule has 0 aliphatic carbocycles. The molecule has 1 aliphatic heterocycles. The van der Waals surface area contributed by atoms with E-state index in [2.05, 4.69) is 38.2 Å². The van der Waals surface area contributed by atoms with Gasteiger partial charge in [0.25, 0.3) is 0 Å². The lowest BCUT2D eigenvalue weighted by atomic mass is 9.99. The first kappa shape index (κ1) is 15.0. The molecular weight excluding hydrogens is 296 g/mol. The van der Waals surface area contributed by atoms with Gasteiger partial charge in [0.05, 0.1) is 24.4 Å². The number of ether oxygens (including phenoxy) is 1. The summed E-state index contributed by atoms with van der Waals surface area (Å²) >= 11 is 5.54. The van der Waals surface area contributed by atoms with Gasteiger partial charge in [-0.1, -0.05) is 6.07 Å². The van der Waals surface area contributed by atoms with Crippen LogP contribution in [0.15, 0.2) is 42.9 Å². The molecule has 5 nitrogen and oxygen atoms in total. The molecule has 0 saturated carbocycles. The fourth-order valence-corrected chi connectivity index (χ4v) is 3.23. The SMILES string of the molecule is COCCN1C(=S)N[C@@H](c2ccccn2)[C@@H]1c1ccn(C)c1. The van der Waals surface area contributed by atoms with Crippen LogP contribution in [0.2, 0.25) is 0 Å². The van der Waals surface area contributed by atoms with Gasteiger partial charge in [0, 0.05) is 39.3 Å². The summed E-state index contributed by atoms with van der Waals surface area (Å²) < 4.78 is 7.29. The maximum atomic E-state index is 5.54. The third-order valence-electron chi connectivity index (χ3n) is 3.93. The number of nitrogens with zero attached hydrogens (tertiary/aromatic N) is 3. The van der Waals surface area contributed by atoms with Crippen molar-refractivity contribution in [3.8, 4) is 0 Å². The zero-order chi connectivity index (χ0) is 15.5. The van der Waals surface area contributed by atoms with E-state index in [0.717, 1.165) is 17.4 Å². The van der Waals surface area contributed by atoms with E-state index < -0.39 is 0 Å². The molecule has 0 radical (unpaired) electrons. The minimum absolute atomic E-state index is 0.0490. The molecule has 3 heterocycles. The van der Waals surface area contributed by atoms with E-state index in [0.29, 0.717) is 6.61 Å². The van der Waals surface area contributed by atoms with Gasteiger partial charge in [0.2, 0.25) is 0 Å². The molecule has 3 rings (SSSR count). The molecule has 0 amide bonds. The fraction of sp³-hybridized carbons (Fsp3) is 0.375. The van der Waals surface area contributed by atoms with Crippen molar-refractivity contribution in [2.75, 3.05) is 20.3 Å². The number of thiocarbonyl (C=S) groups is 1. The number of aromatic nitrogens is 2. The molecule has 1 N–H and O–H groups in total. The number of hydrogen-bond acceptors (Lipinski definition) is 3. The Morgan fingerprint density at radius 2 is 2.23 bits per heavy atom. The van der Waals surface area contributed by atoms with Crippen LogP contribution >= 0.6 is 12.2 Å². The molecular formula is C16H20N4OS. The van der Waals surface area contributed by atoms with Gasteiger partial charge in [-0.05, 0) is 36.0 Å². The number of aryl methyl sites for hydroxylation is 1. The lowest BCUT2D eigenvalue weighted by molar-refractivity contribution is 0.164. The maximum absolute atomic E-state index is 5.54. The molecule has 2 aromatic heterocycles. The maximum Gasteiger partial charge on any atom is 0.170 e. The van der Waals surface area contributed by atoms with Crippen LogP contribution in [0.4, 0.5) is 0 Å². The Labute approximate surface area is 135 Å². The summed E-state index contributed by atoms with van der Waals surface area (Å²) in [5, 5.41) is 4.17. The Balaban J connectivity index is 1.96. The number of hydrogen-bond donors (Lipinski definition) is 1. The van der Waals surface area contributed by atoms with E-state index in [4.69, 9.17) is 17.0 Å². The molecule has 2 atom stereocenters. The first-order valence-electron chi connectivity index (χ1n) is 7.29. The van der Waals surface area contributed by atoms with Crippen molar-refractivity contribution >= 4 is 17.3 Å². The number of rotatable bonds is 5. The topological polar surface area (TPSA) is 42.3 Å². The average Bonchev–Trinajstić information content (AvgIpc) is 3.09. The Morgan fingerprint density at radius 3 is 2.86 bits per heavy atom. The van der Waals surface area contributed by atoms with Crippen LogP contribution < -0.4 is 5.32 Å². The fourth-order valence-electron chi connectivity index (χ4n) is 2.90. The molecule has 6 heteroatoms. The van der Waals surface area contributed by atoms with Gasteiger partial charge >= 0.3 is 0 Å². The third kappa shape index (κ3) is 2.84. The van der Waals surface area contributed by atoms with Crippen molar-refractivity contribution in [1.29, 1.82) is 0 Å². The van der Waals surface area contributed by atoms with Gasteiger partial charge in [-0.2, -0.15) is 0 Å². The molecule has 22 heavy (non-hydrogen) atoms. The van der Waals surface area contributed by atoms with Crippen LogP contribution in [0.1, 0.15) is 23.3 Å². The molecule has 0 unspecified atom stereocenters. The summed E-state index contributed by atoms with van der Waals surface area (Å²) in [4.78, 5) is 6.69. The van der Waals surface area contributed by atoms with Crippen LogP contribution in [0, 0.1) is 0 Å². The van der Waals surface area contributed by atoms with Crippen LogP contribution in [0.25, 0.3) is 0 Å². The van der Waals surface area contributed by atoms with Gasteiger partial charge < -0.3 is 19.5 Å². The largest absolute Gasteiger partial charge is 0.383 e. The van der Waals surface area contributed by atoms with Crippen molar-refractivity contribution in [1.82, 2.24) is 19.8 Å². The van der Waals surface area contributed by atoms with Crippen LogP contribution in [0.5, 0.6) is 0 Å². The standard InChI is InChI=1S/C16H20N4OS/c1-19-8-6-12(11-19)15-14(13-5-3-4-7-17-13)18-16(22)20(15)9-10-21-2/h3-8,11,14-15H,9-10H2,1-2H3,(H,18,22)/t14-,15-/m0/s1. The highest BCUT2D eigenvalue weighted by molar-refractivity contribution is 7.80. The zero-order valence-corrected chi connectivity index (χ0v) is 13.6. The van der Waals surface area contributed by atoms with Gasteiger partial charge in [-0.25, -0.2) is 0 Å². The van der Waals surface area contributed by atoms with Crippen molar-refractivity contribution < 1.29 is 4.74 Å². The first-order chi connectivity index (χ1) is 10.7. The second kappa shape index (κ2) is 6.46. The van der Waals surface area contributed by atoms with Gasteiger partial charge in [0.1, 0.15) is 0 Å². The molecule has 1 aliphatic rings. The lowest BCUT2D eigenvalue weighted by Crippen LogP contribution is -2.32. The van der Waals surface area contributed by atoms with E-state index in [1.807, 2.05) is 31.4 Å². The summed E-state index contributed by atoms with van der Waals surface area (Å²) in [5.41, 5.74) is 2.22. The second-order valence-corrected chi connectivity index (χ2v) is 5.81. The minimum atomic E-state index is 0.0490. The predicted molar refractivity (Wildman–Crippen MR) is 89.4 cm³/mol. The quantitative estimate of drug-likeness (QED) is 0.855. The van der Waals surface area contributed by atoms with E-state index in [1.54, 1.807) is 7.11 Å². The van der Waals surface area contributed by atoms with Gasteiger partial charge in [-0.15, -0.1) is 0 Å². The summed E-state index contributed by atoms with van der Waals surface area (Å²) in [6.45, 7) is 1.39. The smallest absolute Gasteiger partial charge is 0.170 e. The Bertz CT molecular complexity index is 643. The van der Waals surface area contributed by atoms with Gasteiger partial charge in [0.15, 0.2) is 5.11 Å². The molecule has 116 valence electrons. The highest BCUT2D eigenvalue weighted by Gasteiger charge is 2.39. The van der Waals surface area contributed by atoms with E-state index in [-0.39, 0.29) is 12.1 Å². The lowest BCUT2D eigenvalue weighted by Gasteiger charge is -2.26. The van der Waals surface area contributed by atoms with Crippen molar-refractivity contribution in [3.63, 3.8) is 0 Å². The third-order valence-corrected chi connectivity index (χ3v) is 4.28. The van der Waals surface area contributed by atoms with E-state index in [1.165, 1.54) is 5.56 Å². The van der Waals surface area contributed by atoms with E-state index >= 15 is 0 Å². The van der Waals surface area contributed by atoms with Crippen LogP contribution in [0.3, 0.4) is 0 Å². The summed E-state index contributed by atoms with van der Waals surface area (Å²) in [7, 11) is 3.74. The van der Waals surface area contributed by atoms with Crippen molar-refractivity contribution in [2.24, 2.45) is 7.05 Å². The molecule has 0 bridgehead atoms. The van der Waals surface area contributed by atoms with Crippen LogP contribution in [-0.2, 0) is 11.8 Å². The Hall–Kier alpha value is -1.92. The molecule has 1 fully saturated rings. The van der Waals surface area contributed by atoms with E-state index in [9.17, 15) is 0 Å². The molecule has 2 aromatic rings. The number of nitrogens with one attached hydrogen (secondary N) is 1. The first-order valence-corrected chi connectivity index (χ1v) is 7.70. The highest BCUT2D eigenvalue weighted by atomic mass is 32.1. The number of pyridine rings is 1. The molecule has 0 aromatic carbocycles.